The average Bonchev–Trinajstić information content (AvgIpc) is 4.10. The quantitative estimate of drug-likeness (QED) is 0.108. The third-order valence-electron chi connectivity index (χ3n) is 11.4. The van der Waals surface area contributed by atoms with Gasteiger partial charge in [-0.3, -0.25) is 9.36 Å². The van der Waals surface area contributed by atoms with Crippen molar-refractivity contribution in [1.29, 1.82) is 0 Å². The Morgan fingerprint density at radius 3 is 1.46 bits per heavy atom. The number of aromatic nitrogens is 5. The van der Waals surface area contributed by atoms with Crippen LogP contribution in [0, 0.1) is 18.2 Å². The molecule has 10 rings (SSSR count). The summed E-state index contributed by atoms with van der Waals surface area (Å²) in [6.45, 7) is 0. The van der Waals surface area contributed by atoms with Gasteiger partial charge in [0.25, 0.3) is 0 Å². The Kier molecular flexibility index (Phi) is 12.5. The molecule has 0 aliphatic rings. The molecule has 0 aliphatic heterocycles. The fraction of sp³-hybridized carbons (Fsp3) is 0.0702. The summed E-state index contributed by atoms with van der Waals surface area (Å²) in [4.78, 5) is 4.75. The minimum atomic E-state index is 0. The van der Waals surface area contributed by atoms with Gasteiger partial charge in [-0.15, -0.1) is 42.0 Å². The van der Waals surface area contributed by atoms with Crippen molar-refractivity contribution in [3.05, 3.63) is 247 Å². The summed E-state index contributed by atoms with van der Waals surface area (Å²) in [5.41, 5.74) is 18.3. The molecule has 3 heterocycles. The van der Waals surface area contributed by atoms with E-state index >= 15 is 0 Å². The predicted octanol–water partition coefficient (Wildman–Crippen LogP) is 12.8. The van der Waals surface area contributed by atoms with Crippen LogP contribution in [0.25, 0.3) is 67.1 Å². The topological polar surface area (TPSA) is 48.5 Å². The van der Waals surface area contributed by atoms with Crippen molar-refractivity contribution in [3.8, 4) is 67.1 Å². The number of nitrogens with zero attached hydrogens (tertiary/aromatic N) is 5. The number of rotatable bonds is 13. The zero-order chi connectivity index (χ0) is 41.5. The van der Waals surface area contributed by atoms with Gasteiger partial charge < -0.3 is 4.98 Å². The third kappa shape index (κ3) is 9.64. The molecule has 0 unspecified atom stereocenters. The molecule has 7 aromatic carbocycles. The molecule has 10 aromatic rings. The van der Waals surface area contributed by atoms with Crippen LogP contribution in [0.1, 0.15) is 22.3 Å². The van der Waals surface area contributed by atoms with Gasteiger partial charge in [0.05, 0.1) is 0 Å². The fourth-order valence-corrected chi connectivity index (χ4v) is 8.08. The number of pyridine rings is 1. The summed E-state index contributed by atoms with van der Waals surface area (Å²) in [5, 5.41) is 8.72. The number of benzene rings is 7. The summed E-state index contributed by atoms with van der Waals surface area (Å²) in [6.07, 6.45) is 13.0. The maximum Gasteiger partial charge on any atom is 3.00 e. The summed E-state index contributed by atoms with van der Waals surface area (Å²) >= 11 is 0. The zero-order valence-corrected chi connectivity index (χ0v) is 36.9. The molecule has 0 aliphatic carbocycles. The Bertz CT molecular complexity index is 2910. The number of hydrogen-bond acceptors (Lipinski definition) is 3. The third-order valence-corrected chi connectivity index (χ3v) is 11.4. The van der Waals surface area contributed by atoms with Crippen LogP contribution in [-0.2, 0) is 45.8 Å². The van der Waals surface area contributed by atoms with Crippen molar-refractivity contribution in [2.45, 2.75) is 25.7 Å². The molecule has 0 amide bonds. The molecule has 0 bridgehead atoms. The molecule has 0 radical (unpaired) electrons. The Labute approximate surface area is 382 Å². The van der Waals surface area contributed by atoms with E-state index in [1.165, 1.54) is 50.1 Å². The standard InChI is InChI=1S/C57H42N5.Ir/c1-2-8-46(9-3-1)47-20-22-48(23-21-47)51-32-35-58-57(41-51)50-26-24-49(25-27-50)55-10-4-5-11-56(55)52-39-44(14-12-42-16-28-53(29-17-42)61-36-6-33-59-61)38-45(40-52)15-13-43-18-30-54(31-19-43)62-37-7-34-60-62;/h1-11,16-26,28,30,32-41H,12-15H2;/q-3;+3. The molecule has 0 fully saturated rings. The van der Waals surface area contributed by atoms with Gasteiger partial charge >= 0.3 is 20.1 Å². The molecule has 0 saturated carbocycles. The molecule has 3 aromatic heterocycles. The van der Waals surface area contributed by atoms with Gasteiger partial charge in [0.1, 0.15) is 0 Å². The Hall–Kier alpha value is -7.24. The van der Waals surface area contributed by atoms with Crippen molar-refractivity contribution in [3.63, 3.8) is 0 Å². The van der Waals surface area contributed by atoms with Crippen molar-refractivity contribution in [2.75, 3.05) is 0 Å². The Morgan fingerprint density at radius 1 is 0.381 bits per heavy atom. The van der Waals surface area contributed by atoms with Crippen LogP contribution in [0.3, 0.4) is 0 Å². The zero-order valence-electron chi connectivity index (χ0n) is 34.5. The predicted molar refractivity (Wildman–Crippen MR) is 250 cm³/mol. The fourth-order valence-electron chi connectivity index (χ4n) is 8.08. The van der Waals surface area contributed by atoms with E-state index in [4.69, 9.17) is 4.98 Å². The van der Waals surface area contributed by atoms with Gasteiger partial charge in [-0.05, 0) is 92.6 Å². The monoisotopic (exact) mass is 989 g/mol. The first-order chi connectivity index (χ1) is 30.7. The van der Waals surface area contributed by atoms with Crippen LogP contribution >= 0.6 is 0 Å². The van der Waals surface area contributed by atoms with E-state index in [9.17, 15) is 0 Å². The van der Waals surface area contributed by atoms with Gasteiger partial charge in [-0.1, -0.05) is 127 Å². The Morgan fingerprint density at radius 2 is 0.921 bits per heavy atom. The van der Waals surface area contributed by atoms with Gasteiger partial charge in [-0.25, -0.2) is 0 Å². The summed E-state index contributed by atoms with van der Waals surface area (Å²) < 4.78 is 3.68. The van der Waals surface area contributed by atoms with E-state index in [0.29, 0.717) is 0 Å². The van der Waals surface area contributed by atoms with E-state index < -0.39 is 0 Å². The minimum absolute atomic E-state index is 0. The van der Waals surface area contributed by atoms with Crippen molar-refractivity contribution in [2.24, 2.45) is 0 Å². The maximum absolute atomic E-state index is 4.75. The van der Waals surface area contributed by atoms with Crippen LogP contribution in [0.4, 0.5) is 0 Å². The van der Waals surface area contributed by atoms with Gasteiger partial charge in [0.2, 0.25) is 0 Å². The molecule has 0 N–H and O–H groups in total. The number of aryl methyl sites for hydroxylation is 4. The molecule has 63 heavy (non-hydrogen) atoms. The molecular weight excluding hydrogens is 947 g/mol. The normalized spacial score (nSPS) is 11.0. The van der Waals surface area contributed by atoms with Crippen LogP contribution in [-0.4, -0.2) is 24.5 Å². The second-order valence-electron chi connectivity index (χ2n) is 15.5. The molecule has 0 saturated heterocycles. The molecule has 304 valence electrons. The van der Waals surface area contributed by atoms with E-state index in [0.717, 1.165) is 65.0 Å². The maximum atomic E-state index is 4.75. The number of hydrogen-bond donors (Lipinski definition) is 0. The molecule has 5 nitrogen and oxygen atoms in total. The van der Waals surface area contributed by atoms with Crippen LogP contribution in [0.5, 0.6) is 0 Å². The van der Waals surface area contributed by atoms with Crippen molar-refractivity contribution in [1.82, 2.24) is 24.5 Å². The molecule has 6 heteroatoms. The van der Waals surface area contributed by atoms with E-state index in [1.54, 1.807) is 12.4 Å². The smallest absolute Gasteiger partial charge is 0.305 e. The van der Waals surface area contributed by atoms with Crippen molar-refractivity contribution < 1.29 is 20.1 Å². The van der Waals surface area contributed by atoms with Gasteiger partial charge in [0.15, 0.2) is 0 Å². The van der Waals surface area contributed by atoms with Crippen molar-refractivity contribution >= 4 is 0 Å². The van der Waals surface area contributed by atoms with Crippen LogP contribution < -0.4 is 0 Å². The first-order valence-electron chi connectivity index (χ1n) is 21.1. The Balaban J connectivity index is 0.00000504. The second-order valence-corrected chi connectivity index (χ2v) is 15.5. The minimum Gasteiger partial charge on any atom is -0.305 e. The van der Waals surface area contributed by atoms with Crippen LogP contribution in [0.15, 0.2) is 207 Å². The first-order valence-corrected chi connectivity index (χ1v) is 21.1. The largest absolute Gasteiger partial charge is 3.00 e. The second kappa shape index (κ2) is 19.2. The molecule has 0 atom stereocenters. The van der Waals surface area contributed by atoms with E-state index in [2.05, 4.69) is 186 Å². The summed E-state index contributed by atoms with van der Waals surface area (Å²) in [7, 11) is 0. The van der Waals surface area contributed by atoms with Crippen LogP contribution in [0.2, 0.25) is 0 Å². The first kappa shape index (κ1) is 41.1. The molecular formula is C57H42IrN5. The van der Waals surface area contributed by atoms with E-state index in [-0.39, 0.29) is 20.1 Å². The average molecular weight is 989 g/mol. The van der Waals surface area contributed by atoms with Gasteiger partial charge in [-0.2, -0.15) is 57.7 Å². The molecule has 0 spiro atoms. The van der Waals surface area contributed by atoms with E-state index in [1.807, 2.05) is 46.2 Å². The SMILES string of the molecule is [Ir+3].[c-]1cc(-c2ccccc2-c2cc(CCc3c[c-]c(-n4cccn4)cc3)cc(CCc3c[c-]c(-n4cccn4)cc3)c2)ccc1-c1cc(-c2ccc(-c3ccccc3)cc2)ccn1. The summed E-state index contributed by atoms with van der Waals surface area (Å²) in [6, 6.07) is 72.8. The summed E-state index contributed by atoms with van der Waals surface area (Å²) in [5.74, 6) is 0. The van der Waals surface area contributed by atoms with Gasteiger partial charge in [0, 0.05) is 31.0 Å².